The lowest BCUT2D eigenvalue weighted by Gasteiger charge is -1.94. The topological polar surface area (TPSA) is 87.2 Å². The van der Waals surface area contributed by atoms with Crippen molar-refractivity contribution in [2.75, 3.05) is 7.11 Å². The number of hydrogen-bond acceptors (Lipinski definition) is 6. The van der Waals surface area contributed by atoms with Crippen molar-refractivity contribution < 1.29 is 9.53 Å². The summed E-state index contributed by atoms with van der Waals surface area (Å²) in [5, 5.41) is 7.57. The summed E-state index contributed by atoms with van der Waals surface area (Å²) in [6, 6.07) is 1.82. The maximum absolute atomic E-state index is 11.3. The highest BCUT2D eigenvalue weighted by molar-refractivity contribution is 5.86. The Bertz CT molecular complexity index is 698. The van der Waals surface area contributed by atoms with Crippen molar-refractivity contribution in [3.8, 4) is 0 Å². The van der Waals surface area contributed by atoms with Crippen LogP contribution in [0.25, 0.3) is 5.78 Å². The molecular formula is C11H10N6O2. The molecule has 0 unspecified atom stereocenters. The van der Waals surface area contributed by atoms with E-state index in [2.05, 4.69) is 25.0 Å². The number of esters is 1. The second-order valence-electron chi connectivity index (χ2n) is 3.85. The standard InChI is InChI=1S/C11H10N6O2/c1-19-10(18)9-7-17(15-14-9)6-8-5-16-4-2-3-12-11(16)13-8/h2-5,7H,6H2,1H3. The van der Waals surface area contributed by atoms with Gasteiger partial charge in [0.1, 0.15) is 0 Å². The number of imidazole rings is 1. The molecular weight excluding hydrogens is 248 g/mol. The van der Waals surface area contributed by atoms with Crippen LogP contribution >= 0.6 is 0 Å². The molecule has 3 heterocycles. The van der Waals surface area contributed by atoms with E-state index in [9.17, 15) is 4.79 Å². The van der Waals surface area contributed by atoms with Gasteiger partial charge in [-0.15, -0.1) is 5.10 Å². The Morgan fingerprint density at radius 2 is 2.32 bits per heavy atom. The van der Waals surface area contributed by atoms with Crippen LogP contribution in [-0.4, -0.2) is 42.4 Å². The van der Waals surface area contributed by atoms with Crippen molar-refractivity contribution in [1.82, 2.24) is 29.4 Å². The summed E-state index contributed by atoms with van der Waals surface area (Å²) in [6.45, 7) is 0.410. The van der Waals surface area contributed by atoms with Crippen molar-refractivity contribution in [3.05, 3.63) is 42.2 Å². The number of hydrogen-bond donors (Lipinski definition) is 0. The van der Waals surface area contributed by atoms with E-state index in [4.69, 9.17) is 0 Å². The van der Waals surface area contributed by atoms with Gasteiger partial charge in [-0.05, 0) is 6.07 Å². The maximum Gasteiger partial charge on any atom is 0.360 e. The minimum Gasteiger partial charge on any atom is -0.464 e. The first-order chi connectivity index (χ1) is 9.26. The third-order valence-corrected chi connectivity index (χ3v) is 2.54. The molecule has 3 aromatic heterocycles. The first-order valence-electron chi connectivity index (χ1n) is 5.53. The van der Waals surface area contributed by atoms with Crippen LogP contribution in [0.5, 0.6) is 0 Å². The molecule has 0 N–H and O–H groups in total. The van der Waals surface area contributed by atoms with Gasteiger partial charge in [0.05, 0.1) is 25.5 Å². The van der Waals surface area contributed by atoms with Gasteiger partial charge < -0.3 is 4.74 Å². The summed E-state index contributed by atoms with van der Waals surface area (Å²) in [5.74, 6) is 0.105. The molecule has 8 heteroatoms. The van der Waals surface area contributed by atoms with Crippen LogP contribution in [0.3, 0.4) is 0 Å². The predicted molar refractivity (Wildman–Crippen MR) is 63.5 cm³/mol. The van der Waals surface area contributed by atoms with Gasteiger partial charge in [0.15, 0.2) is 5.69 Å². The Morgan fingerprint density at radius 3 is 3.11 bits per heavy atom. The van der Waals surface area contributed by atoms with Crippen LogP contribution in [0.4, 0.5) is 0 Å². The van der Waals surface area contributed by atoms with Crippen LogP contribution in [0.15, 0.2) is 30.9 Å². The van der Waals surface area contributed by atoms with E-state index in [-0.39, 0.29) is 5.69 Å². The van der Waals surface area contributed by atoms with Crippen molar-refractivity contribution >= 4 is 11.7 Å². The SMILES string of the molecule is COC(=O)c1cn(Cc2cn3cccnc3n2)nn1. The highest BCUT2D eigenvalue weighted by atomic mass is 16.5. The number of nitrogens with zero attached hydrogens (tertiary/aromatic N) is 6. The van der Waals surface area contributed by atoms with Crippen LogP contribution < -0.4 is 0 Å². The molecule has 19 heavy (non-hydrogen) atoms. The Balaban J connectivity index is 1.84. The fraction of sp³-hybridized carbons (Fsp3) is 0.182. The molecule has 0 radical (unpaired) electrons. The Labute approximate surface area is 107 Å². The number of carbonyl (C=O) groups is 1. The molecule has 0 spiro atoms. The molecule has 0 saturated carbocycles. The van der Waals surface area contributed by atoms with Gasteiger partial charge >= 0.3 is 5.97 Å². The smallest absolute Gasteiger partial charge is 0.360 e. The van der Waals surface area contributed by atoms with Gasteiger partial charge in [0, 0.05) is 18.6 Å². The normalized spacial score (nSPS) is 10.8. The second kappa shape index (κ2) is 4.48. The van der Waals surface area contributed by atoms with Crippen molar-refractivity contribution in [3.63, 3.8) is 0 Å². The summed E-state index contributed by atoms with van der Waals surface area (Å²) >= 11 is 0. The largest absolute Gasteiger partial charge is 0.464 e. The molecule has 0 aliphatic rings. The summed E-state index contributed by atoms with van der Waals surface area (Å²) in [7, 11) is 1.30. The highest BCUT2D eigenvalue weighted by Gasteiger charge is 2.11. The average molecular weight is 258 g/mol. The highest BCUT2D eigenvalue weighted by Crippen LogP contribution is 2.04. The Morgan fingerprint density at radius 1 is 1.42 bits per heavy atom. The van der Waals surface area contributed by atoms with E-state index >= 15 is 0 Å². The van der Waals surface area contributed by atoms with E-state index in [1.54, 1.807) is 6.20 Å². The van der Waals surface area contributed by atoms with Crippen molar-refractivity contribution in [2.24, 2.45) is 0 Å². The molecule has 3 rings (SSSR count). The van der Waals surface area contributed by atoms with E-state index in [0.29, 0.717) is 12.3 Å². The molecule has 0 bridgehead atoms. The molecule has 0 fully saturated rings. The molecule has 0 atom stereocenters. The van der Waals surface area contributed by atoms with Gasteiger partial charge in [0.25, 0.3) is 0 Å². The lowest BCUT2D eigenvalue weighted by molar-refractivity contribution is 0.0594. The number of rotatable bonds is 3. The molecule has 3 aromatic rings. The monoisotopic (exact) mass is 258 g/mol. The summed E-state index contributed by atoms with van der Waals surface area (Å²) < 4.78 is 7.90. The number of aromatic nitrogens is 6. The Hall–Kier alpha value is -2.77. The van der Waals surface area contributed by atoms with Crippen LogP contribution in [0.2, 0.25) is 0 Å². The van der Waals surface area contributed by atoms with Gasteiger partial charge in [-0.25, -0.2) is 19.4 Å². The first kappa shape index (κ1) is 11.3. The van der Waals surface area contributed by atoms with Gasteiger partial charge in [-0.3, -0.25) is 4.40 Å². The van der Waals surface area contributed by atoms with Gasteiger partial charge in [-0.1, -0.05) is 5.21 Å². The summed E-state index contributed by atoms with van der Waals surface area (Å²) in [6.07, 6.45) is 6.90. The third-order valence-electron chi connectivity index (χ3n) is 2.54. The van der Waals surface area contributed by atoms with E-state index < -0.39 is 5.97 Å². The maximum atomic E-state index is 11.3. The van der Waals surface area contributed by atoms with E-state index in [1.807, 2.05) is 22.9 Å². The molecule has 96 valence electrons. The van der Waals surface area contributed by atoms with Crippen molar-refractivity contribution in [2.45, 2.75) is 6.54 Å². The predicted octanol–water partition coefficient (Wildman–Crippen LogP) is 0.156. The molecule has 0 aliphatic carbocycles. The molecule has 0 aromatic carbocycles. The summed E-state index contributed by atoms with van der Waals surface area (Å²) in [5.41, 5.74) is 0.949. The van der Waals surface area contributed by atoms with Crippen LogP contribution in [0, 0.1) is 0 Å². The van der Waals surface area contributed by atoms with E-state index in [0.717, 1.165) is 5.69 Å². The fourth-order valence-electron chi connectivity index (χ4n) is 1.70. The number of carbonyl (C=O) groups excluding carboxylic acids is 1. The molecule has 0 saturated heterocycles. The lowest BCUT2D eigenvalue weighted by atomic mass is 10.4. The Kier molecular flexibility index (Phi) is 2.67. The zero-order chi connectivity index (χ0) is 13.2. The lowest BCUT2D eigenvalue weighted by Crippen LogP contribution is -2.02. The quantitative estimate of drug-likeness (QED) is 0.622. The van der Waals surface area contributed by atoms with Gasteiger partial charge in [-0.2, -0.15) is 0 Å². The number of fused-ring (bicyclic) bond motifs is 1. The zero-order valence-corrected chi connectivity index (χ0v) is 10.1. The summed E-state index contributed by atoms with van der Waals surface area (Å²) in [4.78, 5) is 19.7. The van der Waals surface area contributed by atoms with E-state index in [1.165, 1.54) is 18.0 Å². The minimum atomic E-state index is -0.511. The minimum absolute atomic E-state index is 0.171. The first-order valence-corrected chi connectivity index (χ1v) is 5.53. The number of methoxy groups -OCH3 is 1. The van der Waals surface area contributed by atoms with Crippen LogP contribution in [-0.2, 0) is 11.3 Å². The second-order valence-corrected chi connectivity index (χ2v) is 3.85. The fourth-order valence-corrected chi connectivity index (χ4v) is 1.70. The number of ether oxygens (including phenoxy) is 1. The molecule has 0 aliphatic heterocycles. The molecule has 8 nitrogen and oxygen atoms in total. The van der Waals surface area contributed by atoms with Gasteiger partial charge in [0.2, 0.25) is 5.78 Å². The van der Waals surface area contributed by atoms with Crippen LogP contribution in [0.1, 0.15) is 16.2 Å². The zero-order valence-electron chi connectivity index (χ0n) is 10.1. The third kappa shape index (κ3) is 2.15. The van der Waals surface area contributed by atoms with Crippen molar-refractivity contribution in [1.29, 1.82) is 0 Å². The average Bonchev–Trinajstić information content (AvgIpc) is 3.04. The molecule has 0 amide bonds.